The van der Waals surface area contributed by atoms with E-state index in [0.29, 0.717) is 17.2 Å². The Morgan fingerprint density at radius 3 is 2.39 bits per heavy atom. The quantitative estimate of drug-likeness (QED) is 0.521. The summed E-state index contributed by atoms with van der Waals surface area (Å²) in [4.78, 5) is 34.7. The number of benzene rings is 2. The minimum absolute atomic E-state index is 0.199. The van der Waals surface area contributed by atoms with Gasteiger partial charge in [-0.1, -0.05) is 18.2 Å². The van der Waals surface area contributed by atoms with Gasteiger partial charge >= 0.3 is 0 Å². The maximum atomic E-state index is 12.2. The highest BCUT2D eigenvalue weighted by atomic mass is 16.6. The summed E-state index contributed by atoms with van der Waals surface area (Å²) in [6, 6.07) is 17.2. The van der Waals surface area contributed by atoms with Gasteiger partial charge in [-0.25, -0.2) is 0 Å². The number of rotatable bonds is 6. The van der Waals surface area contributed by atoms with E-state index in [9.17, 15) is 19.7 Å². The van der Waals surface area contributed by atoms with Gasteiger partial charge in [0, 0.05) is 17.3 Å². The first-order valence-corrected chi connectivity index (χ1v) is 8.40. The molecule has 0 aliphatic heterocycles. The number of nitro groups is 1. The van der Waals surface area contributed by atoms with Gasteiger partial charge in [-0.2, -0.15) is 0 Å². The van der Waals surface area contributed by atoms with E-state index in [1.807, 2.05) is 30.3 Å². The first-order valence-electron chi connectivity index (χ1n) is 8.40. The van der Waals surface area contributed by atoms with Crippen LogP contribution in [0.3, 0.4) is 0 Å². The van der Waals surface area contributed by atoms with Gasteiger partial charge in [0.2, 0.25) is 5.91 Å². The fourth-order valence-electron chi connectivity index (χ4n) is 2.57. The van der Waals surface area contributed by atoms with Gasteiger partial charge in [0.25, 0.3) is 11.2 Å². The second kappa shape index (κ2) is 8.17. The van der Waals surface area contributed by atoms with Crippen molar-refractivity contribution in [1.29, 1.82) is 0 Å². The van der Waals surface area contributed by atoms with E-state index in [4.69, 9.17) is 4.74 Å². The number of ether oxygens (including phenoxy) is 1. The fourth-order valence-corrected chi connectivity index (χ4v) is 2.57. The minimum atomic E-state index is -0.605. The Labute approximate surface area is 160 Å². The van der Waals surface area contributed by atoms with Gasteiger partial charge in [0.15, 0.2) is 0 Å². The van der Waals surface area contributed by atoms with E-state index in [1.54, 1.807) is 24.3 Å². The third-order valence-electron chi connectivity index (χ3n) is 3.89. The first kappa shape index (κ1) is 18.8. The lowest BCUT2D eigenvalue weighted by Gasteiger charge is -2.09. The number of pyridine rings is 1. The van der Waals surface area contributed by atoms with Crippen molar-refractivity contribution in [3.63, 3.8) is 0 Å². The molecule has 8 heteroatoms. The third-order valence-corrected chi connectivity index (χ3v) is 3.89. The number of nitrogens with one attached hydrogen (secondary N) is 1. The van der Waals surface area contributed by atoms with E-state index in [-0.39, 0.29) is 17.8 Å². The number of amides is 1. The molecule has 0 unspecified atom stereocenters. The second-order valence-electron chi connectivity index (χ2n) is 6.06. The fraction of sp³-hybridized carbons (Fsp3) is 0.100. The van der Waals surface area contributed by atoms with Crippen molar-refractivity contribution in [2.75, 3.05) is 5.32 Å². The Hall–Kier alpha value is -3.94. The van der Waals surface area contributed by atoms with Crippen molar-refractivity contribution < 1.29 is 14.5 Å². The van der Waals surface area contributed by atoms with Crippen molar-refractivity contribution in [2.45, 2.75) is 13.5 Å². The van der Waals surface area contributed by atoms with E-state index in [1.165, 1.54) is 13.0 Å². The molecular formula is C20H17N3O5. The zero-order valence-corrected chi connectivity index (χ0v) is 15.0. The highest BCUT2D eigenvalue weighted by molar-refractivity contribution is 5.90. The number of nitrogens with zero attached hydrogens (tertiary/aromatic N) is 2. The molecule has 0 fully saturated rings. The molecule has 0 atom stereocenters. The maximum Gasteiger partial charge on any atom is 0.286 e. The number of carbonyl (C=O) groups is 1. The minimum Gasteiger partial charge on any atom is -0.457 e. The molecule has 3 rings (SSSR count). The Bertz CT molecular complexity index is 1060. The highest BCUT2D eigenvalue weighted by Gasteiger charge is 2.13. The Balaban J connectivity index is 1.67. The molecule has 0 radical (unpaired) electrons. The molecule has 2 aromatic carbocycles. The molecule has 0 saturated heterocycles. The normalized spacial score (nSPS) is 10.3. The first-order chi connectivity index (χ1) is 13.4. The topological polar surface area (TPSA) is 103 Å². The molecular weight excluding hydrogens is 362 g/mol. The largest absolute Gasteiger partial charge is 0.457 e. The molecule has 142 valence electrons. The summed E-state index contributed by atoms with van der Waals surface area (Å²) >= 11 is 0. The number of anilines is 1. The number of carbonyl (C=O) groups excluding carboxylic acids is 1. The summed E-state index contributed by atoms with van der Waals surface area (Å²) in [5, 5.41) is 13.6. The standard InChI is InChI=1S/C20H17N3O5/c1-14-11-16(23(26)27)12-22(20(14)25)13-19(24)21-15-7-9-18(10-8-15)28-17-5-3-2-4-6-17/h2-12H,13H2,1H3,(H,21,24). The maximum absolute atomic E-state index is 12.2. The van der Waals surface area contributed by atoms with Gasteiger partial charge < -0.3 is 10.1 Å². The molecule has 0 bridgehead atoms. The van der Waals surface area contributed by atoms with Crippen molar-refractivity contribution in [3.8, 4) is 11.5 Å². The number of hydrogen-bond donors (Lipinski definition) is 1. The van der Waals surface area contributed by atoms with Crippen LogP contribution in [0, 0.1) is 17.0 Å². The number of aromatic nitrogens is 1. The van der Waals surface area contributed by atoms with Crippen LogP contribution in [0.4, 0.5) is 11.4 Å². The van der Waals surface area contributed by atoms with Gasteiger partial charge in [-0.15, -0.1) is 0 Å². The number of hydrogen-bond acceptors (Lipinski definition) is 5. The lowest BCUT2D eigenvalue weighted by Crippen LogP contribution is -2.28. The van der Waals surface area contributed by atoms with Gasteiger partial charge in [-0.05, 0) is 43.3 Å². The van der Waals surface area contributed by atoms with E-state index >= 15 is 0 Å². The summed E-state index contributed by atoms with van der Waals surface area (Å²) in [7, 11) is 0. The van der Waals surface area contributed by atoms with Crippen LogP contribution in [-0.4, -0.2) is 15.4 Å². The van der Waals surface area contributed by atoms with Gasteiger partial charge in [0.1, 0.15) is 18.0 Å². The lowest BCUT2D eigenvalue weighted by molar-refractivity contribution is -0.385. The molecule has 1 aromatic heterocycles. The summed E-state index contributed by atoms with van der Waals surface area (Å²) in [5.74, 6) is 0.827. The van der Waals surface area contributed by atoms with Gasteiger partial charge in [-0.3, -0.25) is 24.3 Å². The van der Waals surface area contributed by atoms with Crippen molar-refractivity contribution in [3.05, 3.63) is 92.9 Å². The Morgan fingerprint density at radius 1 is 1.11 bits per heavy atom. The van der Waals surface area contributed by atoms with E-state index < -0.39 is 16.4 Å². The van der Waals surface area contributed by atoms with Gasteiger partial charge in [0.05, 0.1) is 11.1 Å². The molecule has 1 heterocycles. The average molecular weight is 379 g/mol. The average Bonchev–Trinajstić information content (AvgIpc) is 2.67. The lowest BCUT2D eigenvalue weighted by atomic mass is 10.2. The van der Waals surface area contributed by atoms with Crippen LogP contribution in [0.2, 0.25) is 0 Å². The Kier molecular flexibility index (Phi) is 5.50. The van der Waals surface area contributed by atoms with Crippen LogP contribution in [0.15, 0.2) is 71.7 Å². The van der Waals surface area contributed by atoms with Crippen LogP contribution in [-0.2, 0) is 11.3 Å². The van der Waals surface area contributed by atoms with Crippen molar-refractivity contribution >= 4 is 17.3 Å². The summed E-state index contributed by atoms with van der Waals surface area (Å²) in [5.41, 5.74) is 0.0182. The second-order valence-corrected chi connectivity index (χ2v) is 6.06. The molecule has 1 N–H and O–H groups in total. The summed E-state index contributed by atoms with van der Waals surface area (Å²) < 4.78 is 6.70. The number of aryl methyl sites for hydroxylation is 1. The monoisotopic (exact) mass is 379 g/mol. The van der Waals surface area contributed by atoms with Crippen LogP contribution >= 0.6 is 0 Å². The molecule has 3 aromatic rings. The smallest absolute Gasteiger partial charge is 0.286 e. The zero-order chi connectivity index (χ0) is 20.1. The molecule has 1 amide bonds. The Morgan fingerprint density at radius 2 is 1.75 bits per heavy atom. The van der Waals surface area contributed by atoms with Crippen molar-refractivity contribution in [1.82, 2.24) is 4.57 Å². The summed E-state index contributed by atoms with van der Waals surface area (Å²) in [6.07, 6.45) is 1.06. The SMILES string of the molecule is Cc1cc([N+](=O)[O-])cn(CC(=O)Nc2ccc(Oc3ccccc3)cc2)c1=O. The van der Waals surface area contributed by atoms with Crippen LogP contribution < -0.4 is 15.6 Å². The number of para-hydroxylation sites is 1. The molecule has 0 spiro atoms. The van der Waals surface area contributed by atoms with Crippen LogP contribution in [0.1, 0.15) is 5.56 Å². The molecule has 0 saturated carbocycles. The molecule has 0 aliphatic carbocycles. The third kappa shape index (κ3) is 4.61. The van der Waals surface area contributed by atoms with E-state index in [0.717, 1.165) is 10.8 Å². The molecule has 8 nitrogen and oxygen atoms in total. The predicted molar refractivity (Wildman–Crippen MR) is 104 cm³/mol. The molecule has 28 heavy (non-hydrogen) atoms. The highest BCUT2D eigenvalue weighted by Crippen LogP contribution is 2.22. The zero-order valence-electron chi connectivity index (χ0n) is 15.0. The summed E-state index contributed by atoms with van der Waals surface area (Å²) in [6.45, 7) is 1.14. The van der Waals surface area contributed by atoms with Crippen molar-refractivity contribution in [2.24, 2.45) is 0 Å². The predicted octanol–water partition coefficient (Wildman–Crippen LogP) is 3.50. The molecule has 0 aliphatic rings. The van der Waals surface area contributed by atoms with Crippen LogP contribution in [0.25, 0.3) is 0 Å². The van der Waals surface area contributed by atoms with E-state index in [2.05, 4.69) is 5.32 Å². The van der Waals surface area contributed by atoms with Crippen LogP contribution in [0.5, 0.6) is 11.5 Å².